The molecule has 164 valence electrons. The van der Waals surface area contributed by atoms with Crippen LogP contribution in [-0.4, -0.2) is 59.9 Å². The molecule has 1 aromatic rings. The Balaban J connectivity index is 1.30. The van der Waals surface area contributed by atoms with Crippen molar-refractivity contribution < 1.29 is 9.59 Å². The minimum atomic E-state index is -0.410. The zero-order valence-electron chi connectivity index (χ0n) is 17.4. The predicted molar refractivity (Wildman–Crippen MR) is 120 cm³/mol. The second-order valence-corrected chi connectivity index (χ2v) is 9.92. The molecule has 5 nitrogen and oxygen atoms in total. The van der Waals surface area contributed by atoms with E-state index in [4.69, 9.17) is 23.2 Å². The summed E-state index contributed by atoms with van der Waals surface area (Å²) in [4.78, 5) is 30.2. The summed E-state index contributed by atoms with van der Waals surface area (Å²) >= 11 is 12.1. The van der Waals surface area contributed by atoms with Gasteiger partial charge in [0.15, 0.2) is 0 Å². The molecule has 4 rings (SSSR count). The summed E-state index contributed by atoms with van der Waals surface area (Å²) in [5.41, 5.74) is 0.437. The maximum Gasteiger partial charge on any atom is 0.254 e. The smallest absolute Gasteiger partial charge is 0.254 e. The highest BCUT2D eigenvalue weighted by Crippen LogP contribution is 2.27. The zero-order chi connectivity index (χ0) is 21.1. The summed E-state index contributed by atoms with van der Waals surface area (Å²) in [6.07, 6.45) is 9.03. The van der Waals surface area contributed by atoms with E-state index in [-0.39, 0.29) is 17.9 Å². The van der Waals surface area contributed by atoms with E-state index in [2.05, 4.69) is 10.2 Å². The number of benzene rings is 1. The first-order chi connectivity index (χ1) is 14.5. The van der Waals surface area contributed by atoms with E-state index in [0.717, 1.165) is 38.3 Å². The average molecular weight is 452 g/mol. The molecule has 1 atom stereocenters. The Morgan fingerprint density at radius 3 is 2.23 bits per heavy atom. The minimum Gasteiger partial charge on any atom is -0.351 e. The largest absolute Gasteiger partial charge is 0.351 e. The van der Waals surface area contributed by atoms with Crippen molar-refractivity contribution in [1.82, 2.24) is 15.1 Å². The Morgan fingerprint density at radius 2 is 1.57 bits per heavy atom. The molecular formula is C23H31Cl2N3O2. The second kappa shape index (κ2) is 9.88. The number of carbonyl (C=O) groups excluding carboxylic acids is 2. The summed E-state index contributed by atoms with van der Waals surface area (Å²) in [7, 11) is 0. The summed E-state index contributed by atoms with van der Waals surface area (Å²) in [5, 5.41) is 4.08. The van der Waals surface area contributed by atoms with Crippen molar-refractivity contribution in [3.63, 3.8) is 0 Å². The Kier molecular flexibility index (Phi) is 7.22. The number of nitrogens with zero attached hydrogens (tertiary/aromatic N) is 2. The molecule has 0 radical (unpaired) electrons. The SMILES string of the molecule is O=C(NC1CCN(CC2CCCC2)CC1)C1CCCN1C(=O)c1cc(Cl)cc(Cl)c1. The Bertz CT molecular complexity index is 753. The van der Waals surface area contributed by atoms with Gasteiger partial charge in [-0.2, -0.15) is 0 Å². The van der Waals surface area contributed by atoms with E-state index in [9.17, 15) is 9.59 Å². The Hall–Kier alpha value is -1.30. The van der Waals surface area contributed by atoms with Crippen molar-refractivity contribution in [3.05, 3.63) is 33.8 Å². The topological polar surface area (TPSA) is 52.7 Å². The van der Waals surface area contributed by atoms with Crippen molar-refractivity contribution in [3.8, 4) is 0 Å². The number of rotatable bonds is 5. The molecule has 3 fully saturated rings. The molecule has 2 amide bonds. The average Bonchev–Trinajstić information content (AvgIpc) is 3.40. The van der Waals surface area contributed by atoms with E-state index in [1.54, 1.807) is 23.1 Å². The van der Waals surface area contributed by atoms with Crippen LogP contribution >= 0.6 is 23.2 Å². The summed E-state index contributed by atoms with van der Waals surface area (Å²) < 4.78 is 0. The molecule has 30 heavy (non-hydrogen) atoms. The van der Waals surface area contributed by atoms with Crippen LogP contribution in [0.5, 0.6) is 0 Å². The predicted octanol–water partition coefficient (Wildman–Crippen LogP) is 4.37. The Morgan fingerprint density at radius 1 is 0.900 bits per heavy atom. The number of halogens is 2. The number of likely N-dealkylation sites (tertiary alicyclic amines) is 2. The molecule has 1 N–H and O–H groups in total. The molecule has 1 aliphatic carbocycles. The maximum absolute atomic E-state index is 13.0. The molecule has 1 unspecified atom stereocenters. The van der Waals surface area contributed by atoms with Gasteiger partial charge in [-0.1, -0.05) is 36.0 Å². The van der Waals surface area contributed by atoms with Gasteiger partial charge >= 0.3 is 0 Å². The third-order valence-electron chi connectivity index (χ3n) is 6.85. The lowest BCUT2D eigenvalue weighted by Crippen LogP contribution is -2.51. The van der Waals surface area contributed by atoms with Crippen LogP contribution in [0.25, 0.3) is 0 Å². The van der Waals surface area contributed by atoms with Gasteiger partial charge in [-0.05, 0) is 62.6 Å². The highest BCUT2D eigenvalue weighted by molar-refractivity contribution is 6.35. The van der Waals surface area contributed by atoms with Gasteiger partial charge in [-0.3, -0.25) is 9.59 Å². The zero-order valence-corrected chi connectivity index (χ0v) is 18.9. The van der Waals surface area contributed by atoms with Crippen molar-refractivity contribution in [1.29, 1.82) is 0 Å². The summed E-state index contributed by atoms with van der Waals surface area (Å²) in [5.74, 6) is 0.667. The monoisotopic (exact) mass is 451 g/mol. The van der Waals surface area contributed by atoms with Crippen molar-refractivity contribution >= 4 is 35.0 Å². The van der Waals surface area contributed by atoms with Crippen LogP contribution in [0, 0.1) is 5.92 Å². The van der Waals surface area contributed by atoms with Gasteiger partial charge in [0, 0.05) is 47.8 Å². The molecule has 0 spiro atoms. The van der Waals surface area contributed by atoms with Crippen molar-refractivity contribution in [2.75, 3.05) is 26.2 Å². The lowest BCUT2D eigenvalue weighted by Gasteiger charge is -2.35. The number of carbonyl (C=O) groups is 2. The third kappa shape index (κ3) is 5.30. The van der Waals surface area contributed by atoms with Crippen LogP contribution in [0.3, 0.4) is 0 Å². The fourth-order valence-electron chi connectivity index (χ4n) is 5.24. The molecule has 7 heteroatoms. The second-order valence-electron chi connectivity index (χ2n) is 9.05. The third-order valence-corrected chi connectivity index (χ3v) is 7.29. The first-order valence-electron chi connectivity index (χ1n) is 11.3. The standard InChI is InChI=1S/C23H31Cl2N3O2/c24-18-12-17(13-19(25)14-18)23(30)28-9-3-6-21(28)22(29)26-20-7-10-27(11-8-20)15-16-4-1-2-5-16/h12-14,16,20-21H,1-11,15H2,(H,26,29). The van der Waals surface area contributed by atoms with Crippen LogP contribution in [0.15, 0.2) is 18.2 Å². The number of hydrogen-bond donors (Lipinski definition) is 1. The van der Waals surface area contributed by atoms with Gasteiger partial charge < -0.3 is 15.1 Å². The van der Waals surface area contributed by atoms with Gasteiger partial charge in [0.1, 0.15) is 6.04 Å². The van der Waals surface area contributed by atoms with Crippen LogP contribution in [0.2, 0.25) is 10.0 Å². The van der Waals surface area contributed by atoms with Crippen LogP contribution in [-0.2, 0) is 4.79 Å². The van der Waals surface area contributed by atoms with Gasteiger partial charge in [0.05, 0.1) is 0 Å². The molecule has 3 aliphatic rings. The van der Waals surface area contributed by atoms with E-state index in [0.29, 0.717) is 28.6 Å². The molecule has 1 aromatic carbocycles. The van der Waals surface area contributed by atoms with E-state index in [1.807, 2.05) is 0 Å². The molecule has 2 saturated heterocycles. The van der Waals surface area contributed by atoms with Gasteiger partial charge in [-0.15, -0.1) is 0 Å². The molecule has 1 saturated carbocycles. The normalized spacial score (nSPS) is 23.8. The van der Waals surface area contributed by atoms with Crippen LogP contribution in [0.1, 0.15) is 61.7 Å². The Labute approximate surface area is 189 Å². The number of piperidine rings is 1. The summed E-state index contributed by atoms with van der Waals surface area (Å²) in [6.45, 7) is 3.90. The number of amides is 2. The van der Waals surface area contributed by atoms with Crippen molar-refractivity contribution in [2.24, 2.45) is 5.92 Å². The minimum absolute atomic E-state index is 0.0248. The van der Waals surface area contributed by atoms with E-state index >= 15 is 0 Å². The highest BCUT2D eigenvalue weighted by Gasteiger charge is 2.36. The van der Waals surface area contributed by atoms with E-state index < -0.39 is 6.04 Å². The number of nitrogens with one attached hydrogen (secondary N) is 1. The quantitative estimate of drug-likeness (QED) is 0.722. The fraction of sp³-hybridized carbons (Fsp3) is 0.652. The fourth-order valence-corrected chi connectivity index (χ4v) is 5.77. The van der Waals surface area contributed by atoms with E-state index in [1.165, 1.54) is 32.2 Å². The van der Waals surface area contributed by atoms with Crippen LogP contribution in [0.4, 0.5) is 0 Å². The molecular weight excluding hydrogens is 421 g/mol. The molecule has 2 heterocycles. The highest BCUT2D eigenvalue weighted by atomic mass is 35.5. The van der Waals surface area contributed by atoms with Gasteiger partial charge in [0.2, 0.25) is 5.91 Å². The van der Waals surface area contributed by atoms with Crippen molar-refractivity contribution in [2.45, 2.75) is 63.5 Å². The number of hydrogen-bond acceptors (Lipinski definition) is 3. The first kappa shape index (κ1) is 21.9. The lowest BCUT2D eigenvalue weighted by molar-refractivity contribution is -0.125. The summed E-state index contributed by atoms with van der Waals surface area (Å²) in [6, 6.07) is 4.63. The lowest BCUT2D eigenvalue weighted by atomic mass is 10.0. The molecule has 0 aromatic heterocycles. The molecule has 2 aliphatic heterocycles. The molecule has 0 bridgehead atoms. The van der Waals surface area contributed by atoms with Gasteiger partial charge in [0.25, 0.3) is 5.91 Å². The maximum atomic E-state index is 13.0. The first-order valence-corrected chi connectivity index (χ1v) is 12.0. The van der Waals surface area contributed by atoms with Gasteiger partial charge in [-0.25, -0.2) is 0 Å². The van der Waals surface area contributed by atoms with Crippen LogP contribution < -0.4 is 5.32 Å².